The normalized spacial score (nSPS) is 18.3. The van der Waals surface area contributed by atoms with Gasteiger partial charge in [-0.3, -0.25) is 0 Å². The highest BCUT2D eigenvalue weighted by atomic mass is 35.5. The summed E-state index contributed by atoms with van der Waals surface area (Å²) >= 11 is 6.17. The molecule has 0 saturated carbocycles. The largest absolute Gasteiger partial charge is 0.489 e. The molecule has 1 aliphatic heterocycles. The molecule has 2 rings (SSSR count). The first-order chi connectivity index (χ1) is 8.19. The maximum Gasteiger partial charge on any atom is 0.138 e. The summed E-state index contributed by atoms with van der Waals surface area (Å²) in [5.41, 5.74) is 6.60. The Bertz CT molecular complexity index is 376. The van der Waals surface area contributed by atoms with E-state index in [0.717, 1.165) is 37.2 Å². The monoisotopic (exact) mass is 254 g/mol. The zero-order valence-corrected chi connectivity index (χ0v) is 10.9. The van der Waals surface area contributed by atoms with Crippen molar-refractivity contribution in [3.63, 3.8) is 0 Å². The van der Waals surface area contributed by atoms with E-state index < -0.39 is 0 Å². The molecule has 0 unspecified atom stereocenters. The zero-order valence-electron chi connectivity index (χ0n) is 10.2. The van der Waals surface area contributed by atoms with Crippen molar-refractivity contribution in [3.05, 3.63) is 28.8 Å². The van der Waals surface area contributed by atoms with Gasteiger partial charge in [0, 0.05) is 19.6 Å². The standard InChI is InChI=1S/C13H19ClN2O/c1-16-6-4-11(5-7-16)17-13-3-2-10(9-15)8-12(13)14/h2-3,8,11H,4-7,9,15H2,1H3. The summed E-state index contributed by atoms with van der Waals surface area (Å²) < 4.78 is 5.93. The number of halogens is 1. The lowest BCUT2D eigenvalue weighted by molar-refractivity contribution is 0.114. The van der Waals surface area contributed by atoms with Crippen LogP contribution in [0.4, 0.5) is 0 Å². The molecule has 1 aliphatic rings. The summed E-state index contributed by atoms with van der Waals surface area (Å²) in [6.45, 7) is 2.68. The molecular weight excluding hydrogens is 236 g/mol. The Labute approximate surface area is 107 Å². The highest BCUT2D eigenvalue weighted by molar-refractivity contribution is 6.32. The summed E-state index contributed by atoms with van der Waals surface area (Å²) in [4.78, 5) is 2.32. The van der Waals surface area contributed by atoms with E-state index in [1.165, 1.54) is 0 Å². The number of likely N-dealkylation sites (tertiary alicyclic amines) is 1. The molecule has 0 amide bonds. The van der Waals surface area contributed by atoms with Crippen LogP contribution in [-0.2, 0) is 6.54 Å². The maximum atomic E-state index is 6.17. The van der Waals surface area contributed by atoms with Gasteiger partial charge in [0.2, 0.25) is 0 Å². The molecule has 4 heteroatoms. The van der Waals surface area contributed by atoms with E-state index in [0.29, 0.717) is 11.6 Å². The molecule has 0 spiro atoms. The van der Waals surface area contributed by atoms with Gasteiger partial charge in [-0.1, -0.05) is 17.7 Å². The first kappa shape index (κ1) is 12.7. The van der Waals surface area contributed by atoms with Crippen LogP contribution in [0, 0.1) is 0 Å². The number of hydrogen-bond acceptors (Lipinski definition) is 3. The van der Waals surface area contributed by atoms with Gasteiger partial charge in [0.1, 0.15) is 11.9 Å². The van der Waals surface area contributed by atoms with Crippen LogP contribution in [0.3, 0.4) is 0 Å². The van der Waals surface area contributed by atoms with Gasteiger partial charge in [-0.15, -0.1) is 0 Å². The molecule has 1 fully saturated rings. The average molecular weight is 255 g/mol. The fourth-order valence-electron chi connectivity index (χ4n) is 2.05. The molecule has 0 radical (unpaired) electrons. The number of nitrogens with two attached hydrogens (primary N) is 1. The third-order valence-corrected chi connectivity index (χ3v) is 3.49. The first-order valence-electron chi connectivity index (χ1n) is 6.02. The van der Waals surface area contributed by atoms with Crippen LogP contribution in [-0.4, -0.2) is 31.1 Å². The number of ether oxygens (including phenoxy) is 1. The van der Waals surface area contributed by atoms with E-state index >= 15 is 0 Å². The van der Waals surface area contributed by atoms with E-state index in [1.807, 2.05) is 18.2 Å². The SMILES string of the molecule is CN1CCC(Oc2ccc(CN)cc2Cl)CC1. The summed E-state index contributed by atoms with van der Waals surface area (Å²) in [7, 11) is 2.14. The Hall–Kier alpha value is -0.770. The summed E-state index contributed by atoms with van der Waals surface area (Å²) in [5, 5.41) is 0.659. The van der Waals surface area contributed by atoms with Gasteiger partial charge < -0.3 is 15.4 Å². The van der Waals surface area contributed by atoms with Crippen molar-refractivity contribution in [3.8, 4) is 5.75 Å². The fourth-order valence-corrected chi connectivity index (χ4v) is 2.30. The maximum absolute atomic E-state index is 6.17. The predicted octanol–water partition coefficient (Wildman–Crippen LogP) is 2.27. The average Bonchev–Trinajstić information content (AvgIpc) is 2.34. The van der Waals surface area contributed by atoms with Crippen LogP contribution in [0.25, 0.3) is 0 Å². The lowest BCUT2D eigenvalue weighted by Crippen LogP contribution is -2.35. The quantitative estimate of drug-likeness (QED) is 0.899. The second-order valence-corrected chi connectivity index (χ2v) is 5.00. The molecule has 1 saturated heterocycles. The van der Waals surface area contributed by atoms with Gasteiger partial charge in [0.25, 0.3) is 0 Å². The third-order valence-electron chi connectivity index (χ3n) is 3.19. The second kappa shape index (κ2) is 5.71. The molecule has 0 atom stereocenters. The molecule has 3 nitrogen and oxygen atoms in total. The Morgan fingerprint density at radius 3 is 2.71 bits per heavy atom. The smallest absolute Gasteiger partial charge is 0.138 e. The molecule has 1 aromatic rings. The Morgan fingerprint density at radius 1 is 1.41 bits per heavy atom. The van der Waals surface area contributed by atoms with Crippen LogP contribution >= 0.6 is 11.6 Å². The van der Waals surface area contributed by atoms with Crippen LogP contribution in [0.5, 0.6) is 5.75 Å². The highest BCUT2D eigenvalue weighted by Crippen LogP contribution is 2.28. The van der Waals surface area contributed by atoms with Crippen molar-refractivity contribution >= 4 is 11.6 Å². The number of piperidine rings is 1. The zero-order chi connectivity index (χ0) is 12.3. The van der Waals surface area contributed by atoms with Gasteiger partial charge >= 0.3 is 0 Å². The molecular formula is C13H19ClN2O. The molecule has 2 N–H and O–H groups in total. The number of nitrogens with zero attached hydrogens (tertiary/aromatic N) is 1. The predicted molar refractivity (Wildman–Crippen MR) is 70.5 cm³/mol. The van der Waals surface area contributed by atoms with Gasteiger partial charge in [0.05, 0.1) is 5.02 Å². The minimum Gasteiger partial charge on any atom is -0.489 e. The Kier molecular flexibility index (Phi) is 4.26. The Morgan fingerprint density at radius 2 is 2.12 bits per heavy atom. The van der Waals surface area contributed by atoms with Gasteiger partial charge in [0.15, 0.2) is 0 Å². The lowest BCUT2D eigenvalue weighted by Gasteiger charge is -2.29. The second-order valence-electron chi connectivity index (χ2n) is 4.59. The number of hydrogen-bond donors (Lipinski definition) is 1. The van der Waals surface area contributed by atoms with E-state index in [9.17, 15) is 0 Å². The summed E-state index contributed by atoms with van der Waals surface area (Å²) in [6, 6.07) is 5.77. The number of rotatable bonds is 3. The van der Waals surface area contributed by atoms with Gasteiger partial charge in [-0.25, -0.2) is 0 Å². The van der Waals surface area contributed by atoms with E-state index in [-0.39, 0.29) is 6.10 Å². The molecule has 17 heavy (non-hydrogen) atoms. The van der Waals surface area contributed by atoms with Crippen LogP contribution in [0.1, 0.15) is 18.4 Å². The molecule has 1 aromatic carbocycles. The van der Waals surface area contributed by atoms with Gasteiger partial charge in [-0.2, -0.15) is 0 Å². The van der Waals surface area contributed by atoms with Crippen molar-refractivity contribution in [2.45, 2.75) is 25.5 Å². The van der Waals surface area contributed by atoms with Crippen molar-refractivity contribution in [2.75, 3.05) is 20.1 Å². The molecule has 0 aliphatic carbocycles. The van der Waals surface area contributed by atoms with Crippen molar-refractivity contribution in [1.29, 1.82) is 0 Å². The molecule has 1 heterocycles. The van der Waals surface area contributed by atoms with Crippen molar-refractivity contribution in [2.24, 2.45) is 5.73 Å². The van der Waals surface area contributed by atoms with Crippen LogP contribution in [0.15, 0.2) is 18.2 Å². The van der Waals surface area contributed by atoms with Crippen molar-refractivity contribution < 1.29 is 4.74 Å². The van der Waals surface area contributed by atoms with Gasteiger partial charge in [-0.05, 0) is 37.6 Å². The first-order valence-corrected chi connectivity index (χ1v) is 6.40. The minimum absolute atomic E-state index is 0.285. The molecule has 0 aromatic heterocycles. The van der Waals surface area contributed by atoms with Crippen molar-refractivity contribution in [1.82, 2.24) is 4.90 Å². The van der Waals surface area contributed by atoms with E-state index in [1.54, 1.807) is 0 Å². The third kappa shape index (κ3) is 3.35. The van der Waals surface area contributed by atoms with E-state index in [2.05, 4.69) is 11.9 Å². The van der Waals surface area contributed by atoms with Crippen LogP contribution < -0.4 is 10.5 Å². The molecule has 94 valence electrons. The Balaban J connectivity index is 1.99. The highest BCUT2D eigenvalue weighted by Gasteiger charge is 2.18. The summed E-state index contributed by atoms with van der Waals surface area (Å²) in [5.74, 6) is 0.776. The van der Waals surface area contributed by atoms with E-state index in [4.69, 9.17) is 22.1 Å². The summed E-state index contributed by atoms with van der Waals surface area (Å²) in [6.07, 6.45) is 2.41. The number of benzene rings is 1. The lowest BCUT2D eigenvalue weighted by atomic mass is 10.1. The topological polar surface area (TPSA) is 38.5 Å². The fraction of sp³-hybridized carbons (Fsp3) is 0.538. The van der Waals surface area contributed by atoms with Crippen LogP contribution in [0.2, 0.25) is 5.02 Å². The minimum atomic E-state index is 0.285. The molecule has 0 bridgehead atoms.